The van der Waals surface area contributed by atoms with Crippen LogP contribution in [0.2, 0.25) is 0 Å². The molecule has 16 heavy (non-hydrogen) atoms. The molecule has 0 radical (unpaired) electrons. The van der Waals surface area contributed by atoms with Crippen molar-refractivity contribution in [1.82, 2.24) is 9.78 Å². The van der Waals surface area contributed by atoms with Gasteiger partial charge in [0.2, 0.25) is 5.03 Å². The largest absolute Gasteiger partial charge is 0.462 e. The lowest BCUT2D eigenvalue weighted by atomic mass is 10.4. The normalized spacial score (nSPS) is 11.4. The molecule has 2 N–H and O–H groups in total. The molecule has 0 aromatic carbocycles. The highest BCUT2D eigenvalue weighted by molar-refractivity contribution is 7.89. The molecule has 0 spiro atoms. The molecule has 1 aromatic heterocycles. The van der Waals surface area contributed by atoms with E-state index in [0.717, 1.165) is 0 Å². The van der Waals surface area contributed by atoms with Crippen LogP contribution >= 0.6 is 0 Å². The predicted molar refractivity (Wildman–Crippen MR) is 55.2 cm³/mol. The SMILES string of the molecule is CCOC(=O)c1cn(CC)nc1S(N)(=O)=O. The van der Waals surface area contributed by atoms with Crippen molar-refractivity contribution in [3.63, 3.8) is 0 Å². The summed E-state index contributed by atoms with van der Waals surface area (Å²) in [6, 6.07) is 0. The van der Waals surface area contributed by atoms with Gasteiger partial charge in [0.15, 0.2) is 0 Å². The Balaban J connectivity index is 3.26. The van der Waals surface area contributed by atoms with Crippen LogP contribution in [0.4, 0.5) is 0 Å². The first-order valence-corrected chi connectivity index (χ1v) is 6.22. The third-order valence-electron chi connectivity index (χ3n) is 1.82. The molecule has 0 atom stereocenters. The number of sulfonamides is 1. The Morgan fingerprint density at radius 2 is 2.19 bits per heavy atom. The average molecular weight is 247 g/mol. The summed E-state index contributed by atoms with van der Waals surface area (Å²) in [5.41, 5.74) is -0.133. The second-order valence-corrected chi connectivity index (χ2v) is 4.45. The van der Waals surface area contributed by atoms with Gasteiger partial charge in [0.1, 0.15) is 5.56 Å². The Hall–Kier alpha value is -1.41. The van der Waals surface area contributed by atoms with Crippen molar-refractivity contribution in [2.45, 2.75) is 25.4 Å². The van der Waals surface area contributed by atoms with Gasteiger partial charge in [-0.15, -0.1) is 0 Å². The zero-order valence-corrected chi connectivity index (χ0v) is 9.82. The number of hydrogen-bond donors (Lipinski definition) is 1. The lowest BCUT2D eigenvalue weighted by Crippen LogP contribution is -2.17. The number of nitrogens with zero attached hydrogens (tertiary/aromatic N) is 2. The Kier molecular flexibility index (Phi) is 3.66. The Morgan fingerprint density at radius 1 is 1.56 bits per heavy atom. The van der Waals surface area contributed by atoms with E-state index < -0.39 is 21.0 Å². The zero-order chi connectivity index (χ0) is 12.3. The Bertz CT molecular complexity index is 491. The maximum absolute atomic E-state index is 11.4. The smallest absolute Gasteiger partial charge is 0.342 e. The van der Waals surface area contributed by atoms with Crippen molar-refractivity contribution in [3.05, 3.63) is 11.8 Å². The van der Waals surface area contributed by atoms with Crippen molar-refractivity contribution in [3.8, 4) is 0 Å². The van der Waals surface area contributed by atoms with Gasteiger partial charge in [-0.2, -0.15) is 5.10 Å². The van der Waals surface area contributed by atoms with Crippen molar-refractivity contribution >= 4 is 16.0 Å². The number of carbonyl (C=O) groups excluding carboxylic acids is 1. The van der Waals surface area contributed by atoms with Gasteiger partial charge in [-0.25, -0.2) is 18.4 Å². The summed E-state index contributed by atoms with van der Waals surface area (Å²) in [6.07, 6.45) is 1.30. The number of nitrogens with two attached hydrogens (primary N) is 1. The van der Waals surface area contributed by atoms with Gasteiger partial charge < -0.3 is 4.74 Å². The van der Waals surface area contributed by atoms with Crippen molar-refractivity contribution in [2.24, 2.45) is 5.14 Å². The average Bonchev–Trinajstić information content (AvgIpc) is 2.61. The number of esters is 1. The van der Waals surface area contributed by atoms with Crippen LogP contribution in [0.15, 0.2) is 11.2 Å². The molecule has 1 rings (SSSR count). The van der Waals surface area contributed by atoms with Crippen molar-refractivity contribution in [2.75, 3.05) is 6.61 Å². The minimum Gasteiger partial charge on any atom is -0.462 e. The third-order valence-corrected chi connectivity index (χ3v) is 2.66. The van der Waals surface area contributed by atoms with Crippen LogP contribution in [-0.2, 0) is 21.3 Å². The molecule has 1 aromatic rings. The highest BCUT2D eigenvalue weighted by atomic mass is 32.2. The number of carbonyl (C=O) groups is 1. The minimum atomic E-state index is -4.02. The molecule has 0 bridgehead atoms. The quantitative estimate of drug-likeness (QED) is 0.737. The zero-order valence-electron chi connectivity index (χ0n) is 9.00. The lowest BCUT2D eigenvalue weighted by molar-refractivity contribution is 0.0521. The standard InChI is InChI=1S/C8H13N3O4S/c1-3-11-5-6(8(12)15-4-2)7(10-11)16(9,13)14/h5H,3-4H2,1-2H3,(H2,9,13,14). The van der Waals surface area contributed by atoms with Crippen LogP contribution in [0.25, 0.3) is 0 Å². The summed E-state index contributed by atoms with van der Waals surface area (Å²) in [6.45, 7) is 3.97. The fourth-order valence-electron chi connectivity index (χ4n) is 1.12. The van der Waals surface area contributed by atoms with Crippen molar-refractivity contribution in [1.29, 1.82) is 0 Å². The van der Waals surface area contributed by atoms with E-state index in [1.54, 1.807) is 13.8 Å². The van der Waals surface area contributed by atoms with E-state index >= 15 is 0 Å². The van der Waals surface area contributed by atoms with Gasteiger partial charge in [-0.05, 0) is 13.8 Å². The topological polar surface area (TPSA) is 104 Å². The number of rotatable bonds is 4. The lowest BCUT2D eigenvalue weighted by Gasteiger charge is -1.99. The van der Waals surface area contributed by atoms with Crippen LogP contribution in [-0.4, -0.2) is 30.8 Å². The Labute approximate surface area is 93.2 Å². The summed E-state index contributed by atoms with van der Waals surface area (Å²) in [4.78, 5) is 11.4. The summed E-state index contributed by atoms with van der Waals surface area (Å²) >= 11 is 0. The third kappa shape index (κ3) is 2.58. The van der Waals surface area contributed by atoms with Crippen LogP contribution in [0.3, 0.4) is 0 Å². The van der Waals surface area contributed by atoms with Crippen LogP contribution < -0.4 is 5.14 Å². The molecule has 0 saturated carbocycles. The first-order chi connectivity index (χ1) is 7.40. The molecule has 0 saturated heterocycles. The molecule has 0 fully saturated rings. The van der Waals surface area contributed by atoms with Crippen LogP contribution in [0, 0.1) is 0 Å². The fourth-order valence-corrected chi connectivity index (χ4v) is 1.79. The highest BCUT2D eigenvalue weighted by Crippen LogP contribution is 2.13. The van der Waals surface area contributed by atoms with Gasteiger partial charge in [0.25, 0.3) is 10.0 Å². The number of primary sulfonamides is 1. The first-order valence-electron chi connectivity index (χ1n) is 4.67. The maximum atomic E-state index is 11.4. The number of aryl methyl sites for hydroxylation is 1. The van der Waals surface area contributed by atoms with Gasteiger partial charge in [-0.1, -0.05) is 0 Å². The van der Waals surface area contributed by atoms with E-state index in [1.165, 1.54) is 10.9 Å². The van der Waals surface area contributed by atoms with E-state index in [-0.39, 0.29) is 12.2 Å². The fraction of sp³-hybridized carbons (Fsp3) is 0.500. The van der Waals surface area contributed by atoms with E-state index in [4.69, 9.17) is 9.88 Å². The van der Waals surface area contributed by atoms with Gasteiger partial charge >= 0.3 is 5.97 Å². The molecule has 8 heteroatoms. The molecule has 0 aliphatic heterocycles. The first kappa shape index (κ1) is 12.7. The Morgan fingerprint density at radius 3 is 2.62 bits per heavy atom. The second-order valence-electron chi connectivity index (χ2n) is 2.97. The molecule has 0 aliphatic carbocycles. The molecule has 0 aliphatic rings. The highest BCUT2D eigenvalue weighted by Gasteiger charge is 2.24. The molecule has 7 nitrogen and oxygen atoms in total. The summed E-state index contributed by atoms with van der Waals surface area (Å²) in [5, 5.41) is 8.20. The molecular formula is C8H13N3O4S. The predicted octanol–water partition coefficient (Wildman–Crippen LogP) is -0.273. The summed E-state index contributed by atoms with van der Waals surface area (Å²) < 4.78 is 28.4. The summed E-state index contributed by atoms with van der Waals surface area (Å²) in [7, 11) is -4.02. The molecule has 0 amide bonds. The number of aromatic nitrogens is 2. The molecular weight excluding hydrogens is 234 g/mol. The monoisotopic (exact) mass is 247 g/mol. The van der Waals surface area contributed by atoms with E-state index in [2.05, 4.69) is 5.10 Å². The van der Waals surface area contributed by atoms with E-state index in [0.29, 0.717) is 6.54 Å². The summed E-state index contributed by atoms with van der Waals surface area (Å²) in [5.74, 6) is -0.744. The van der Waals surface area contributed by atoms with Crippen molar-refractivity contribution < 1.29 is 17.9 Å². The van der Waals surface area contributed by atoms with Gasteiger partial charge in [0, 0.05) is 12.7 Å². The molecule has 1 heterocycles. The number of ether oxygens (including phenoxy) is 1. The molecule has 90 valence electrons. The van der Waals surface area contributed by atoms with E-state index in [1.807, 2.05) is 0 Å². The van der Waals surface area contributed by atoms with Crippen LogP contribution in [0.5, 0.6) is 0 Å². The minimum absolute atomic E-state index is 0.133. The van der Waals surface area contributed by atoms with Gasteiger partial charge in [0.05, 0.1) is 6.61 Å². The van der Waals surface area contributed by atoms with Gasteiger partial charge in [-0.3, -0.25) is 4.68 Å². The van der Waals surface area contributed by atoms with Crippen LogP contribution in [0.1, 0.15) is 24.2 Å². The maximum Gasteiger partial charge on any atom is 0.342 e. The van der Waals surface area contributed by atoms with E-state index in [9.17, 15) is 13.2 Å². The number of hydrogen-bond acceptors (Lipinski definition) is 5. The second kappa shape index (κ2) is 4.62. The molecule has 0 unspecified atom stereocenters.